The Labute approximate surface area is 115 Å². The highest BCUT2D eigenvalue weighted by molar-refractivity contribution is 6.35. The predicted molar refractivity (Wildman–Crippen MR) is 69.1 cm³/mol. The summed E-state index contributed by atoms with van der Waals surface area (Å²) in [5.41, 5.74) is 0.828. The highest BCUT2D eigenvalue weighted by Crippen LogP contribution is 2.30. The van der Waals surface area contributed by atoms with Crippen LogP contribution >= 0.6 is 23.2 Å². The van der Waals surface area contributed by atoms with E-state index in [1.807, 2.05) is 6.07 Å². The maximum absolute atomic E-state index is 11.5. The van der Waals surface area contributed by atoms with E-state index in [0.29, 0.717) is 29.7 Å². The van der Waals surface area contributed by atoms with Gasteiger partial charge in [-0.2, -0.15) is 0 Å². The third-order valence-corrected chi connectivity index (χ3v) is 3.37. The number of nitrogens with zero attached hydrogens (tertiary/aromatic N) is 1. The van der Waals surface area contributed by atoms with E-state index in [2.05, 4.69) is 0 Å². The first-order valence-electron chi connectivity index (χ1n) is 5.51. The van der Waals surface area contributed by atoms with Crippen molar-refractivity contribution in [3.8, 4) is 0 Å². The van der Waals surface area contributed by atoms with Gasteiger partial charge >= 0.3 is 6.09 Å². The summed E-state index contributed by atoms with van der Waals surface area (Å²) in [5, 5.41) is 1.11. The van der Waals surface area contributed by atoms with Gasteiger partial charge in [-0.1, -0.05) is 29.3 Å². The Bertz CT molecular complexity index is 453. The number of methoxy groups -OCH3 is 1. The van der Waals surface area contributed by atoms with Crippen LogP contribution in [0.3, 0.4) is 0 Å². The SMILES string of the molecule is COC(=O)N1CCOC(c2ccc(Cl)cc2Cl)C1. The molecule has 1 aliphatic heterocycles. The minimum atomic E-state index is -0.353. The molecule has 1 fully saturated rings. The highest BCUT2D eigenvalue weighted by atomic mass is 35.5. The number of carbonyl (C=O) groups excluding carboxylic acids is 1. The summed E-state index contributed by atoms with van der Waals surface area (Å²) in [6, 6.07) is 5.23. The molecule has 1 aromatic rings. The molecule has 0 aliphatic carbocycles. The zero-order valence-electron chi connectivity index (χ0n) is 9.86. The van der Waals surface area contributed by atoms with E-state index < -0.39 is 0 Å². The molecule has 0 radical (unpaired) electrons. The van der Waals surface area contributed by atoms with Crippen molar-refractivity contribution in [1.82, 2.24) is 4.90 Å². The smallest absolute Gasteiger partial charge is 0.409 e. The van der Waals surface area contributed by atoms with Gasteiger partial charge in [0, 0.05) is 22.2 Å². The van der Waals surface area contributed by atoms with Crippen molar-refractivity contribution >= 4 is 29.3 Å². The topological polar surface area (TPSA) is 38.8 Å². The lowest BCUT2D eigenvalue weighted by atomic mass is 10.1. The fraction of sp³-hybridized carbons (Fsp3) is 0.417. The normalized spacial score (nSPS) is 19.7. The number of carbonyl (C=O) groups is 1. The minimum Gasteiger partial charge on any atom is -0.453 e. The number of rotatable bonds is 1. The Hall–Kier alpha value is -0.970. The molecule has 1 amide bonds. The summed E-state index contributed by atoms with van der Waals surface area (Å²) in [6.07, 6.45) is -0.601. The molecular formula is C12H13Cl2NO3. The van der Waals surface area contributed by atoms with Gasteiger partial charge in [-0.15, -0.1) is 0 Å². The molecule has 0 saturated carbocycles. The largest absolute Gasteiger partial charge is 0.453 e. The number of amides is 1. The van der Waals surface area contributed by atoms with Crippen LogP contribution in [0.5, 0.6) is 0 Å². The summed E-state index contributed by atoms with van der Waals surface area (Å²) in [7, 11) is 1.36. The van der Waals surface area contributed by atoms with Crippen molar-refractivity contribution in [1.29, 1.82) is 0 Å². The number of benzene rings is 1. The first-order chi connectivity index (χ1) is 8.61. The lowest BCUT2D eigenvalue weighted by molar-refractivity contribution is -0.0257. The lowest BCUT2D eigenvalue weighted by Crippen LogP contribution is -2.42. The maximum atomic E-state index is 11.5. The van der Waals surface area contributed by atoms with Crippen LogP contribution in [0.4, 0.5) is 4.79 Å². The number of hydrogen-bond donors (Lipinski definition) is 0. The van der Waals surface area contributed by atoms with E-state index in [0.717, 1.165) is 5.56 Å². The Kier molecular flexibility index (Phi) is 4.32. The zero-order chi connectivity index (χ0) is 13.1. The molecule has 98 valence electrons. The van der Waals surface area contributed by atoms with Gasteiger partial charge in [-0.05, 0) is 12.1 Å². The minimum absolute atomic E-state index is 0.248. The van der Waals surface area contributed by atoms with Crippen molar-refractivity contribution in [2.24, 2.45) is 0 Å². The molecule has 0 spiro atoms. The lowest BCUT2D eigenvalue weighted by Gasteiger charge is -2.32. The fourth-order valence-electron chi connectivity index (χ4n) is 1.89. The van der Waals surface area contributed by atoms with Crippen LogP contribution in [0.2, 0.25) is 10.0 Å². The molecule has 6 heteroatoms. The van der Waals surface area contributed by atoms with Crippen LogP contribution < -0.4 is 0 Å². The monoisotopic (exact) mass is 289 g/mol. The van der Waals surface area contributed by atoms with Crippen molar-refractivity contribution in [2.45, 2.75) is 6.10 Å². The molecule has 18 heavy (non-hydrogen) atoms. The summed E-state index contributed by atoms with van der Waals surface area (Å²) in [5.74, 6) is 0. The molecule has 0 N–H and O–H groups in total. The van der Waals surface area contributed by atoms with Gasteiger partial charge in [-0.3, -0.25) is 0 Å². The number of ether oxygens (including phenoxy) is 2. The van der Waals surface area contributed by atoms with Crippen molar-refractivity contribution in [2.75, 3.05) is 26.8 Å². The Morgan fingerprint density at radius 2 is 2.28 bits per heavy atom. The first-order valence-corrected chi connectivity index (χ1v) is 6.27. The van der Waals surface area contributed by atoms with Crippen LogP contribution in [-0.2, 0) is 9.47 Å². The molecule has 1 atom stereocenters. The number of morpholine rings is 1. The average molecular weight is 290 g/mol. The zero-order valence-corrected chi connectivity index (χ0v) is 11.4. The van der Waals surface area contributed by atoms with Gasteiger partial charge in [0.05, 0.1) is 20.3 Å². The Morgan fingerprint density at radius 3 is 2.94 bits per heavy atom. The molecule has 1 aliphatic rings. The van der Waals surface area contributed by atoms with Crippen LogP contribution in [0, 0.1) is 0 Å². The van der Waals surface area contributed by atoms with Gasteiger partial charge in [0.2, 0.25) is 0 Å². The second-order valence-electron chi connectivity index (χ2n) is 3.94. The van der Waals surface area contributed by atoms with Gasteiger partial charge in [0.15, 0.2) is 0 Å². The predicted octanol–water partition coefficient (Wildman–Crippen LogP) is 3.13. The van der Waals surface area contributed by atoms with Crippen LogP contribution in [-0.4, -0.2) is 37.8 Å². The molecule has 0 aromatic heterocycles. The number of halogens is 2. The van der Waals surface area contributed by atoms with Crippen LogP contribution in [0.15, 0.2) is 18.2 Å². The van der Waals surface area contributed by atoms with Crippen LogP contribution in [0.25, 0.3) is 0 Å². The molecule has 4 nitrogen and oxygen atoms in total. The van der Waals surface area contributed by atoms with Gasteiger partial charge < -0.3 is 14.4 Å². The number of hydrogen-bond acceptors (Lipinski definition) is 3. The van der Waals surface area contributed by atoms with E-state index in [4.69, 9.17) is 32.7 Å². The van der Waals surface area contributed by atoms with E-state index in [9.17, 15) is 4.79 Å². The van der Waals surface area contributed by atoms with E-state index >= 15 is 0 Å². The molecule has 0 bridgehead atoms. The Morgan fingerprint density at radius 1 is 1.50 bits per heavy atom. The standard InChI is InChI=1S/C12H13Cl2NO3/c1-17-12(16)15-4-5-18-11(7-15)9-3-2-8(13)6-10(9)14/h2-3,6,11H,4-5,7H2,1H3. The molecular weight excluding hydrogens is 277 g/mol. The molecule has 1 heterocycles. The summed E-state index contributed by atoms with van der Waals surface area (Å²) < 4.78 is 10.3. The van der Waals surface area contributed by atoms with Crippen molar-refractivity contribution in [3.05, 3.63) is 33.8 Å². The second kappa shape index (κ2) is 5.78. The summed E-state index contributed by atoms with van der Waals surface area (Å²) in [4.78, 5) is 13.1. The molecule has 2 rings (SSSR count). The second-order valence-corrected chi connectivity index (χ2v) is 4.78. The first kappa shape index (κ1) is 13.5. The highest BCUT2D eigenvalue weighted by Gasteiger charge is 2.27. The van der Waals surface area contributed by atoms with E-state index in [1.54, 1.807) is 17.0 Å². The molecule has 1 unspecified atom stereocenters. The average Bonchev–Trinajstić information content (AvgIpc) is 2.38. The van der Waals surface area contributed by atoms with E-state index in [-0.39, 0.29) is 12.2 Å². The van der Waals surface area contributed by atoms with Crippen molar-refractivity contribution < 1.29 is 14.3 Å². The van der Waals surface area contributed by atoms with E-state index in [1.165, 1.54) is 7.11 Å². The van der Waals surface area contributed by atoms with Gasteiger partial charge in [0.1, 0.15) is 6.10 Å². The third-order valence-electron chi connectivity index (χ3n) is 2.81. The van der Waals surface area contributed by atoms with Gasteiger partial charge in [-0.25, -0.2) is 4.79 Å². The molecule has 1 aromatic carbocycles. The van der Waals surface area contributed by atoms with Crippen LogP contribution in [0.1, 0.15) is 11.7 Å². The third kappa shape index (κ3) is 2.88. The van der Waals surface area contributed by atoms with Gasteiger partial charge in [0.25, 0.3) is 0 Å². The maximum Gasteiger partial charge on any atom is 0.409 e. The van der Waals surface area contributed by atoms with Crippen molar-refractivity contribution in [3.63, 3.8) is 0 Å². The fourth-order valence-corrected chi connectivity index (χ4v) is 2.43. The molecule has 1 saturated heterocycles. The summed E-state index contributed by atoms with van der Waals surface area (Å²) in [6.45, 7) is 1.40. The quantitative estimate of drug-likeness (QED) is 0.797. The summed E-state index contributed by atoms with van der Waals surface area (Å²) >= 11 is 12.0. The Balaban J connectivity index is 2.15.